The summed E-state index contributed by atoms with van der Waals surface area (Å²) in [5.74, 6) is -0.421. The van der Waals surface area contributed by atoms with Gasteiger partial charge in [0, 0.05) is 23.9 Å². The van der Waals surface area contributed by atoms with Crippen molar-refractivity contribution in [3.8, 4) is 16.9 Å². The van der Waals surface area contributed by atoms with Crippen molar-refractivity contribution >= 4 is 12.0 Å². The van der Waals surface area contributed by atoms with Gasteiger partial charge < -0.3 is 15.8 Å². The Hall–Kier alpha value is -3.61. The van der Waals surface area contributed by atoms with E-state index in [0.29, 0.717) is 0 Å². The molecule has 0 atom stereocenters. The van der Waals surface area contributed by atoms with Gasteiger partial charge in [0.05, 0.1) is 17.8 Å². The number of aromatic nitrogens is 2. The summed E-state index contributed by atoms with van der Waals surface area (Å²) < 4.78 is 7.10. The van der Waals surface area contributed by atoms with E-state index >= 15 is 0 Å². The molecule has 27 heavy (non-hydrogen) atoms. The second kappa shape index (κ2) is 8.66. The number of rotatable bonds is 7. The van der Waals surface area contributed by atoms with E-state index in [1.807, 2.05) is 66.9 Å². The minimum absolute atomic E-state index is 0.0520. The Bertz CT molecular complexity index is 907. The number of para-hydroxylation sites is 1. The van der Waals surface area contributed by atoms with Gasteiger partial charge in [-0.25, -0.2) is 9.48 Å². The number of primary amides is 1. The lowest BCUT2D eigenvalue weighted by Crippen LogP contribution is -2.31. The topological polar surface area (TPSA) is 99.2 Å². The average molecular weight is 364 g/mol. The number of nitrogens with two attached hydrogens (primary N) is 1. The number of amides is 2. The van der Waals surface area contributed by atoms with Gasteiger partial charge in [-0.05, 0) is 12.1 Å². The summed E-state index contributed by atoms with van der Waals surface area (Å²) in [4.78, 5) is 22.5. The first kappa shape index (κ1) is 18.2. The molecule has 0 unspecified atom stereocenters. The van der Waals surface area contributed by atoms with E-state index in [1.54, 1.807) is 4.68 Å². The molecule has 0 saturated heterocycles. The van der Waals surface area contributed by atoms with Crippen LogP contribution in [0, 0.1) is 0 Å². The third-order valence-electron chi connectivity index (χ3n) is 3.87. The van der Waals surface area contributed by atoms with Gasteiger partial charge in [0.15, 0.2) is 0 Å². The molecule has 1 heterocycles. The van der Waals surface area contributed by atoms with Gasteiger partial charge in [-0.3, -0.25) is 4.79 Å². The van der Waals surface area contributed by atoms with Gasteiger partial charge in [-0.15, -0.1) is 0 Å². The van der Waals surface area contributed by atoms with Gasteiger partial charge in [-0.1, -0.05) is 48.5 Å². The van der Waals surface area contributed by atoms with Crippen LogP contribution < -0.4 is 11.1 Å². The van der Waals surface area contributed by atoms with Crippen molar-refractivity contribution in [1.82, 2.24) is 15.1 Å². The van der Waals surface area contributed by atoms with Crippen LogP contribution in [0.25, 0.3) is 16.9 Å². The molecule has 3 aromatic rings. The summed E-state index contributed by atoms with van der Waals surface area (Å²) in [6, 6.07) is 18.8. The van der Waals surface area contributed by atoms with E-state index < -0.39 is 12.0 Å². The molecule has 0 fully saturated rings. The molecule has 2 amide bonds. The van der Waals surface area contributed by atoms with E-state index in [4.69, 9.17) is 10.5 Å². The molecule has 3 rings (SSSR count). The Morgan fingerprint density at radius 3 is 2.37 bits per heavy atom. The maximum absolute atomic E-state index is 11.9. The highest BCUT2D eigenvalue weighted by molar-refractivity contribution is 5.74. The Kier molecular flexibility index (Phi) is 5.84. The molecule has 0 radical (unpaired) electrons. The number of hydrogen-bond donors (Lipinski definition) is 2. The number of carbonyl (C=O) groups excluding carboxylic acids is 2. The standard InChI is InChI=1S/C20H20N4O3/c21-20(26)22-12-11-18(25)27-14-16-13-24(17-9-5-2-6-10-17)23-19(16)15-7-3-1-4-8-15/h1-10,13H,11-12,14H2,(H3,21,22,26). The lowest BCUT2D eigenvalue weighted by atomic mass is 10.1. The van der Waals surface area contributed by atoms with Crippen LogP contribution in [-0.4, -0.2) is 28.3 Å². The molecule has 2 aromatic carbocycles. The SMILES string of the molecule is NC(=O)NCCC(=O)OCc1cn(-c2ccccc2)nc1-c1ccccc1. The van der Waals surface area contributed by atoms with Crippen molar-refractivity contribution in [2.24, 2.45) is 5.73 Å². The normalized spacial score (nSPS) is 10.4. The summed E-state index contributed by atoms with van der Waals surface area (Å²) >= 11 is 0. The Morgan fingerprint density at radius 1 is 1.04 bits per heavy atom. The number of nitrogens with zero attached hydrogens (tertiary/aromatic N) is 2. The summed E-state index contributed by atoms with van der Waals surface area (Å²) in [5.41, 5.74) is 8.37. The summed E-state index contributed by atoms with van der Waals surface area (Å²) in [6.45, 7) is 0.232. The summed E-state index contributed by atoms with van der Waals surface area (Å²) in [6.07, 6.45) is 1.91. The molecular formula is C20H20N4O3. The number of nitrogens with one attached hydrogen (secondary N) is 1. The zero-order valence-corrected chi connectivity index (χ0v) is 14.7. The molecule has 7 heteroatoms. The van der Waals surface area contributed by atoms with Crippen molar-refractivity contribution in [3.05, 3.63) is 72.4 Å². The zero-order valence-electron chi connectivity index (χ0n) is 14.7. The van der Waals surface area contributed by atoms with Crippen LogP contribution in [0.5, 0.6) is 0 Å². The second-order valence-electron chi connectivity index (χ2n) is 5.85. The molecule has 0 aliphatic heterocycles. The van der Waals surface area contributed by atoms with Crippen molar-refractivity contribution in [1.29, 1.82) is 0 Å². The van der Waals surface area contributed by atoms with Crippen LogP contribution in [0.1, 0.15) is 12.0 Å². The fourth-order valence-electron chi connectivity index (χ4n) is 2.59. The minimum atomic E-state index is -0.668. The number of esters is 1. The number of benzene rings is 2. The highest BCUT2D eigenvalue weighted by atomic mass is 16.5. The second-order valence-corrected chi connectivity index (χ2v) is 5.85. The number of urea groups is 1. The maximum Gasteiger partial charge on any atom is 0.312 e. The molecule has 0 spiro atoms. The maximum atomic E-state index is 11.9. The first-order valence-corrected chi connectivity index (χ1v) is 8.52. The minimum Gasteiger partial charge on any atom is -0.461 e. The van der Waals surface area contributed by atoms with Crippen LogP contribution in [0.4, 0.5) is 4.79 Å². The molecule has 0 bridgehead atoms. The first-order valence-electron chi connectivity index (χ1n) is 8.52. The summed E-state index contributed by atoms with van der Waals surface area (Å²) in [5, 5.41) is 7.02. The van der Waals surface area contributed by atoms with Gasteiger partial charge in [0.25, 0.3) is 0 Å². The molecule has 3 N–H and O–H groups in total. The van der Waals surface area contributed by atoms with E-state index in [9.17, 15) is 9.59 Å². The monoisotopic (exact) mass is 364 g/mol. The average Bonchev–Trinajstić information content (AvgIpc) is 3.12. The quantitative estimate of drug-likeness (QED) is 0.630. The van der Waals surface area contributed by atoms with Crippen LogP contribution >= 0.6 is 0 Å². The van der Waals surface area contributed by atoms with E-state index in [1.165, 1.54) is 0 Å². The van der Waals surface area contributed by atoms with Gasteiger partial charge in [0.1, 0.15) is 6.61 Å². The highest BCUT2D eigenvalue weighted by Gasteiger charge is 2.14. The highest BCUT2D eigenvalue weighted by Crippen LogP contribution is 2.24. The smallest absolute Gasteiger partial charge is 0.312 e. The third-order valence-corrected chi connectivity index (χ3v) is 3.87. The van der Waals surface area contributed by atoms with Crippen molar-refractivity contribution < 1.29 is 14.3 Å². The lowest BCUT2D eigenvalue weighted by molar-refractivity contribution is -0.144. The van der Waals surface area contributed by atoms with Gasteiger partial charge >= 0.3 is 12.0 Å². The van der Waals surface area contributed by atoms with E-state index in [-0.39, 0.29) is 19.6 Å². The van der Waals surface area contributed by atoms with Gasteiger partial charge in [0.2, 0.25) is 0 Å². The lowest BCUT2D eigenvalue weighted by Gasteiger charge is -2.05. The Labute approximate surface area is 156 Å². The van der Waals surface area contributed by atoms with Crippen LogP contribution in [0.15, 0.2) is 66.9 Å². The fourth-order valence-corrected chi connectivity index (χ4v) is 2.59. The van der Waals surface area contributed by atoms with Gasteiger partial charge in [-0.2, -0.15) is 5.10 Å². The predicted octanol–water partition coefficient (Wildman–Crippen LogP) is 2.64. The number of hydrogen-bond acceptors (Lipinski definition) is 4. The van der Waals surface area contributed by atoms with Crippen LogP contribution in [-0.2, 0) is 16.1 Å². The number of carbonyl (C=O) groups is 2. The molecule has 0 aliphatic carbocycles. The van der Waals surface area contributed by atoms with Crippen molar-refractivity contribution in [2.45, 2.75) is 13.0 Å². The molecule has 138 valence electrons. The summed E-state index contributed by atoms with van der Waals surface area (Å²) in [7, 11) is 0. The Morgan fingerprint density at radius 2 is 1.70 bits per heavy atom. The molecule has 7 nitrogen and oxygen atoms in total. The molecule has 0 aliphatic rings. The van der Waals surface area contributed by atoms with Crippen LogP contribution in [0.3, 0.4) is 0 Å². The third kappa shape index (κ3) is 4.94. The van der Waals surface area contributed by atoms with E-state index in [2.05, 4.69) is 10.4 Å². The van der Waals surface area contributed by atoms with Crippen LogP contribution in [0.2, 0.25) is 0 Å². The largest absolute Gasteiger partial charge is 0.461 e. The zero-order chi connectivity index (χ0) is 19.1. The number of ether oxygens (including phenoxy) is 1. The van der Waals surface area contributed by atoms with Crippen molar-refractivity contribution in [2.75, 3.05) is 6.54 Å². The molecular weight excluding hydrogens is 344 g/mol. The fraction of sp³-hybridized carbons (Fsp3) is 0.150. The molecule has 0 saturated carbocycles. The molecule has 1 aromatic heterocycles. The Balaban J connectivity index is 1.77. The van der Waals surface area contributed by atoms with E-state index in [0.717, 1.165) is 22.5 Å². The van der Waals surface area contributed by atoms with Crippen molar-refractivity contribution in [3.63, 3.8) is 0 Å². The predicted molar refractivity (Wildman–Crippen MR) is 101 cm³/mol. The first-order chi connectivity index (χ1) is 13.1.